The van der Waals surface area contributed by atoms with E-state index in [-0.39, 0.29) is 0 Å². The van der Waals surface area contributed by atoms with E-state index in [1.165, 1.54) is 18.4 Å². The zero-order valence-electron chi connectivity index (χ0n) is 12.6. The zero-order valence-corrected chi connectivity index (χ0v) is 12.6. The average Bonchev–Trinajstić information content (AvgIpc) is 2.42. The van der Waals surface area contributed by atoms with E-state index >= 15 is 0 Å². The Hall–Kier alpha value is -1.46. The van der Waals surface area contributed by atoms with Gasteiger partial charge >= 0.3 is 0 Å². The van der Waals surface area contributed by atoms with Crippen molar-refractivity contribution in [3.05, 3.63) is 29.3 Å². The molecule has 0 atom stereocenters. The van der Waals surface area contributed by atoms with Gasteiger partial charge in [-0.25, -0.2) is 0 Å². The molecule has 104 valence electrons. The van der Waals surface area contributed by atoms with Gasteiger partial charge in [-0.15, -0.1) is 0 Å². The number of methoxy groups -OCH3 is 1. The van der Waals surface area contributed by atoms with Crippen molar-refractivity contribution < 1.29 is 4.74 Å². The van der Waals surface area contributed by atoms with Crippen molar-refractivity contribution in [2.24, 2.45) is 0 Å². The van der Waals surface area contributed by atoms with Crippen LogP contribution in [0.5, 0.6) is 5.75 Å². The molecule has 0 aromatic heterocycles. The molecule has 0 N–H and O–H groups in total. The van der Waals surface area contributed by atoms with Gasteiger partial charge in [0.2, 0.25) is 0 Å². The van der Waals surface area contributed by atoms with E-state index < -0.39 is 0 Å². The first-order valence-electron chi connectivity index (χ1n) is 6.98. The van der Waals surface area contributed by atoms with Crippen LogP contribution in [0.3, 0.4) is 0 Å². The highest BCUT2D eigenvalue weighted by Crippen LogP contribution is 2.18. The minimum atomic E-state index is 0.910. The first-order chi connectivity index (χ1) is 9.17. The Bertz CT molecular complexity index is 440. The highest BCUT2D eigenvalue weighted by molar-refractivity contribution is 5.45. The molecule has 0 fully saturated rings. The van der Waals surface area contributed by atoms with Crippen LogP contribution >= 0.6 is 0 Å². The van der Waals surface area contributed by atoms with Crippen molar-refractivity contribution in [3.8, 4) is 17.6 Å². The quantitative estimate of drug-likeness (QED) is 0.574. The van der Waals surface area contributed by atoms with E-state index in [1.54, 1.807) is 7.11 Å². The van der Waals surface area contributed by atoms with Gasteiger partial charge in [0, 0.05) is 18.5 Å². The third-order valence-corrected chi connectivity index (χ3v) is 3.02. The molecule has 1 aromatic rings. The molecule has 0 aliphatic carbocycles. The number of likely N-dealkylation sites (N-methyl/N-ethyl adjacent to an activating group) is 1. The van der Waals surface area contributed by atoms with Crippen LogP contribution in [0.25, 0.3) is 0 Å². The van der Waals surface area contributed by atoms with E-state index in [1.807, 2.05) is 6.07 Å². The van der Waals surface area contributed by atoms with Gasteiger partial charge in [-0.05, 0) is 50.7 Å². The molecule has 1 rings (SSSR count). The molecule has 0 saturated carbocycles. The lowest BCUT2D eigenvalue weighted by atomic mass is 10.0. The summed E-state index contributed by atoms with van der Waals surface area (Å²) in [6, 6.07) is 6.17. The van der Waals surface area contributed by atoms with Gasteiger partial charge < -0.3 is 9.64 Å². The van der Waals surface area contributed by atoms with E-state index in [2.05, 4.69) is 49.9 Å². The maximum Gasteiger partial charge on any atom is 0.119 e. The molecule has 0 spiro atoms. The monoisotopic (exact) mass is 259 g/mol. The largest absolute Gasteiger partial charge is 0.497 e. The Morgan fingerprint density at radius 2 is 2.05 bits per heavy atom. The van der Waals surface area contributed by atoms with Crippen LogP contribution in [-0.2, 0) is 6.42 Å². The molecule has 0 amide bonds. The van der Waals surface area contributed by atoms with Crippen molar-refractivity contribution in [1.29, 1.82) is 0 Å². The Morgan fingerprint density at radius 3 is 2.68 bits per heavy atom. The minimum Gasteiger partial charge on any atom is -0.497 e. The van der Waals surface area contributed by atoms with Gasteiger partial charge in [0.05, 0.1) is 7.11 Å². The van der Waals surface area contributed by atoms with E-state index in [0.717, 1.165) is 30.7 Å². The highest BCUT2D eigenvalue weighted by Gasteiger charge is 2.03. The summed E-state index contributed by atoms with van der Waals surface area (Å²) in [5, 5.41) is 0. The summed E-state index contributed by atoms with van der Waals surface area (Å²) in [5.41, 5.74) is 2.41. The van der Waals surface area contributed by atoms with Crippen LogP contribution in [-0.4, -0.2) is 32.6 Å². The number of rotatable bonds is 6. The van der Waals surface area contributed by atoms with E-state index in [4.69, 9.17) is 4.74 Å². The molecule has 0 radical (unpaired) electrons. The Morgan fingerprint density at radius 1 is 1.26 bits per heavy atom. The third-order valence-electron chi connectivity index (χ3n) is 3.02. The maximum atomic E-state index is 5.30. The zero-order chi connectivity index (χ0) is 14.1. The fourth-order valence-electron chi connectivity index (χ4n) is 1.79. The fraction of sp³-hybridized carbons (Fsp3) is 0.529. The van der Waals surface area contributed by atoms with Crippen LogP contribution in [0.4, 0.5) is 0 Å². The number of hydrogen-bond donors (Lipinski definition) is 0. The van der Waals surface area contributed by atoms with E-state index in [0.29, 0.717) is 0 Å². The SMILES string of the molecule is CCCCC#Cc1ccc(OC)cc1CCN(C)C. The number of unbranched alkanes of at least 4 members (excludes halogenated alkanes) is 2. The normalized spacial score (nSPS) is 10.2. The third kappa shape index (κ3) is 5.81. The minimum absolute atomic E-state index is 0.910. The van der Waals surface area contributed by atoms with Crippen molar-refractivity contribution in [3.63, 3.8) is 0 Å². The Kier molecular flexibility index (Phi) is 7.07. The number of ether oxygens (including phenoxy) is 1. The van der Waals surface area contributed by atoms with Gasteiger partial charge in [-0.1, -0.05) is 25.2 Å². The molecule has 0 unspecified atom stereocenters. The second kappa shape index (κ2) is 8.61. The van der Waals surface area contributed by atoms with Crippen LogP contribution < -0.4 is 4.74 Å². The highest BCUT2D eigenvalue weighted by atomic mass is 16.5. The Labute approximate surface area is 117 Å². The van der Waals surface area contributed by atoms with Gasteiger partial charge in [0.1, 0.15) is 5.75 Å². The summed E-state index contributed by atoms with van der Waals surface area (Å²) in [4.78, 5) is 2.19. The predicted molar refractivity (Wildman–Crippen MR) is 81.7 cm³/mol. The predicted octanol–water partition coefficient (Wildman–Crippen LogP) is 3.34. The summed E-state index contributed by atoms with van der Waals surface area (Å²) in [5.74, 6) is 7.47. The van der Waals surface area contributed by atoms with Crippen LogP contribution in [0, 0.1) is 11.8 Å². The van der Waals surface area contributed by atoms with Crippen molar-refractivity contribution in [1.82, 2.24) is 4.90 Å². The molecule has 19 heavy (non-hydrogen) atoms. The summed E-state index contributed by atoms with van der Waals surface area (Å²) in [6.07, 6.45) is 4.36. The molecule has 2 nitrogen and oxygen atoms in total. The molecule has 0 heterocycles. The summed E-state index contributed by atoms with van der Waals surface area (Å²) in [6.45, 7) is 3.22. The second-order valence-corrected chi connectivity index (χ2v) is 4.98. The number of nitrogens with zero attached hydrogens (tertiary/aromatic N) is 1. The first kappa shape index (κ1) is 15.6. The lowest BCUT2D eigenvalue weighted by Gasteiger charge is -2.11. The van der Waals surface area contributed by atoms with Crippen molar-refractivity contribution in [2.75, 3.05) is 27.7 Å². The number of hydrogen-bond acceptors (Lipinski definition) is 2. The summed E-state index contributed by atoms with van der Waals surface area (Å²) in [7, 11) is 5.89. The molecule has 1 aromatic carbocycles. The summed E-state index contributed by atoms with van der Waals surface area (Å²) >= 11 is 0. The number of benzene rings is 1. The lowest BCUT2D eigenvalue weighted by Crippen LogP contribution is -2.15. The molecule has 0 aliphatic heterocycles. The van der Waals surface area contributed by atoms with Crippen LogP contribution in [0.1, 0.15) is 37.3 Å². The smallest absolute Gasteiger partial charge is 0.119 e. The fourth-order valence-corrected chi connectivity index (χ4v) is 1.79. The topological polar surface area (TPSA) is 12.5 Å². The van der Waals surface area contributed by atoms with Gasteiger partial charge in [-0.2, -0.15) is 0 Å². The molecule has 0 aliphatic rings. The second-order valence-electron chi connectivity index (χ2n) is 4.98. The van der Waals surface area contributed by atoms with Crippen LogP contribution in [0.15, 0.2) is 18.2 Å². The summed E-state index contributed by atoms with van der Waals surface area (Å²) < 4.78 is 5.30. The van der Waals surface area contributed by atoms with Gasteiger partial charge in [0.25, 0.3) is 0 Å². The standard InChI is InChI=1S/C17H25NO/c1-5-6-7-8-9-15-10-11-17(19-4)14-16(15)12-13-18(2)3/h10-11,14H,5-7,12-13H2,1-4H3. The van der Waals surface area contributed by atoms with Gasteiger partial charge in [-0.3, -0.25) is 0 Å². The molecular formula is C17H25NO. The molecule has 0 saturated heterocycles. The Balaban J connectivity index is 2.84. The van der Waals surface area contributed by atoms with Crippen LogP contribution in [0.2, 0.25) is 0 Å². The average molecular weight is 259 g/mol. The maximum absolute atomic E-state index is 5.30. The molecule has 2 heteroatoms. The van der Waals surface area contributed by atoms with E-state index in [9.17, 15) is 0 Å². The molecular weight excluding hydrogens is 234 g/mol. The first-order valence-corrected chi connectivity index (χ1v) is 6.98. The van der Waals surface area contributed by atoms with Crippen molar-refractivity contribution in [2.45, 2.75) is 32.6 Å². The van der Waals surface area contributed by atoms with Gasteiger partial charge in [0.15, 0.2) is 0 Å². The van der Waals surface area contributed by atoms with Crippen molar-refractivity contribution >= 4 is 0 Å². The molecule has 0 bridgehead atoms. The lowest BCUT2D eigenvalue weighted by molar-refractivity contribution is 0.407.